The molecule has 2 aliphatic heterocycles. The Morgan fingerprint density at radius 2 is 1.76 bits per heavy atom. The molecule has 0 radical (unpaired) electrons. The maximum atomic E-state index is 15.4. The van der Waals surface area contributed by atoms with Gasteiger partial charge >= 0.3 is 5.97 Å². The summed E-state index contributed by atoms with van der Waals surface area (Å²) in [7, 11) is 0. The van der Waals surface area contributed by atoms with Gasteiger partial charge in [0.05, 0.1) is 37.1 Å². The lowest BCUT2D eigenvalue weighted by Crippen LogP contribution is -2.38. The van der Waals surface area contributed by atoms with Crippen LogP contribution < -0.4 is 19.1 Å². The number of Topliss-reactive ketones (excluding diaryl/α,β-unsaturated/α-hetero) is 1. The standard InChI is InChI=1S/C33H44FN3O7.BrH/c1-6-41-27-18-21-19-37(31(35)28(21)29(34)30(27)42-7-2)20-23(39)12-13-26(32(40)44-33(3,4)5)43-25-11-9-8-10-24(25)36-16-14-22(38)15-17-36;/h8-11,18,22,26,35,38H,6-7,12-17,19-20H2,1-5H3;1H. The van der Waals surface area contributed by atoms with E-state index in [9.17, 15) is 14.7 Å². The number of hydrogen-bond donors (Lipinski definition) is 2. The Bertz CT molecular complexity index is 1360. The number of hydrogen-bond acceptors (Lipinski definition) is 9. The molecule has 1 saturated heterocycles. The van der Waals surface area contributed by atoms with Gasteiger partial charge in [-0.3, -0.25) is 10.2 Å². The van der Waals surface area contributed by atoms with Crippen molar-refractivity contribution in [3.63, 3.8) is 0 Å². The molecule has 2 aromatic carbocycles. The molecule has 10 nitrogen and oxygen atoms in total. The number of ketones is 1. The third-order valence-corrected chi connectivity index (χ3v) is 7.43. The van der Waals surface area contributed by atoms with Gasteiger partial charge in [-0.05, 0) is 71.2 Å². The fourth-order valence-electron chi connectivity index (χ4n) is 5.41. The first-order chi connectivity index (χ1) is 20.9. The predicted molar refractivity (Wildman–Crippen MR) is 175 cm³/mol. The number of ether oxygens (including phenoxy) is 4. The highest BCUT2D eigenvalue weighted by atomic mass is 79.9. The van der Waals surface area contributed by atoms with Crippen LogP contribution in [0.5, 0.6) is 17.2 Å². The average molecular weight is 695 g/mol. The largest absolute Gasteiger partial charge is 0.490 e. The zero-order valence-electron chi connectivity index (χ0n) is 26.7. The maximum Gasteiger partial charge on any atom is 0.347 e. The molecule has 4 rings (SSSR count). The van der Waals surface area contributed by atoms with Crippen LogP contribution in [0.2, 0.25) is 0 Å². The van der Waals surface area contributed by atoms with Crippen molar-refractivity contribution in [1.29, 1.82) is 5.41 Å². The number of para-hydroxylation sites is 2. The number of nitrogens with one attached hydrogen (secondary N) is 1. The molecule has 2 aromatic rings. The van der Waals surface area contributed by atoms with E-state index >= 15 is 4.39 Å². The number of rotatable bonds is 13. The van der Waals surface area contributed by atoms with Crippen LogP contribution in [0.3, 0.4) is 0 Å². The molecule has 12 heteroatoms. The number of amidine groups is 1. The molecule has 1 unspecified atom stereocenters. The van der Waals surface area contributed by atoms with Crippen LogP contribution in [0.1, 0.15) is 71.4 Å². The molecule has 0 aromatic heterocycles. The van der Waals surface area contributed by atoms with Crippen molar-refractivity contribution in [2.24, 2.45) is 0 Å². The molecule has 1 fully saturated rings. The lowest BCUT2D eigenvalue weighted by Gasteiger charge is -2.33. The molecule has 0 bridgehead atoms. The molecule has 0 saturated carbocycles. The van der Waals surface area contributed by atoms with Gasteiger partial charge in [0.1, 0.15) is 17.2 Å². The van der Waals surface area contributed by atoms with E-state index in [1.54, 1.807) is 46.8 Å². The number of esters is 1. The normalized spacial score (nSPS) is 15.7. The van der Waals surface area contributed by atoms with Gasteiger partial charge in [0.25, 0.3) is 0 Å². The number of carbonyl (C=O) groups excluding carboxylic acids is 2. The molecule has 2 heterocycles. The average Bonchev–Trinajstić information content (AvgIpc) is 3.27. The number of aliphatic hydroxyl groups excluding tert-OH is 1. The summed E-state index contributed by atoms with van der Waals surface area (Å²) in [5, 5.41) is 18.6. The van der Waals surface area contributed by atoms with Crippen LogP contribution in [0.15, 0.2) is 30.3 Å². The van der Waals surface area contributed by atoms with Gasteiger partial charge in [0.2, 0.25) is 0 Å². The van der Waals surface area contributed by atoms with Crippen molar-refractivity contribution in [3.8, 4) is 17.2 Å². The zero-order chi connectivity index (χ0) is 32.0. The quantitative estimate of drug-likeness (QED) is 0.264. The zero-order valence-corrected chi connectivity index (χ0v) is 28.4. The molecule has 2 aliphatic rings. The Balaban J connectivity index is 0.00000552. The first-order valence-electron chi connectivity index (χ1n) is 15.3. The number of piperidine rings is 1. The van der Waals surface area contributed by atoms with E-state index in [0.717, 1.165) is 5.69 Å². The molecular formula is C33H45BrFN3O7. The van der Waals surface area contributed by atoms with E-state index in [2.05, 4.69) is 4.90 Å². The summed E-state index contributed by atoms with van der Waals surface area (Å²) < 4.78 is 38.4. The number of benzene rings is 2. The first kappa shape index (κ1) is 36.1. The van der Waals surface area contributed by atoms with Gasteiger partial charge in [-0.2, -0.15) is 0 Å². The molecule has 1 atom stereocenters. The van der Waals surface area contributed by atoms with Crippen molar-refractivity contribution < 1.29 is 38.0 Å². The van der Waals surface area contributed by atoms with Crippen LogP contribution in [-0.2, 0) is 20.9 Å². The molecule has 45 heavy (non-hydrogen) atoms. The molecule has 0 amide bonds. The molecule has 0 aliphatic carbocycles. The van der Waals surface area contributed by atoms with E-state index in [-0.39, 0.29) is 84.3 Å². The van der Waals surface area contributed by atoms with Crippen LogP contribution >= 0.6 is 17.0 Å². The summed E-state index contributed by atoms with van der Waals surface area (Å²) >= 11 is 0. The number of fused-ring (bicyclic) bond motifs is 1. The van der Waals surface area contributed by atoms with Crippen LogP contribution in [0, 0.1) is 11.2 Å². The summed E-state index contributed by atoms with van der Waals surface area (Å²) in [5.74, 6) is -0.856. The second kappa shape index (κ2) is 15.8. The van der Waals surface area contributed by atoms with Gasteiger partial charge in [-0.15, -0.1) is 17.0 Å². The fraction of sp³-hybridized carbons (Fsp3) is 0.545. The molecular weight excluding hydrogens is 649 g/mol. The van der Waals surface area contributed by atoms with E-state index < -0.39 is 23.5 Å². The van der Waals surface area contributed by atoms with Gasteiger partial charge in [-0.25, -0.2) is 9.18 Å². The number of nitrogens with zero attached hydrogens (tertiary/aromatic N) is 2. The van der Waals surface area contributed by atoms with Crippen LogP contribution in [0.4, 0.5) is 10.1 Å². The number of anilines is 1. The van der Waals surface area contributed by atoms with E-state index in [0.29, 0.717) is 43.9 Å². The number of carbonyl (C=O) groups is 2. The first-order valence-corrected chi connectivity index (χ1v) is 15.3. The van der Waals surface area contributed by atoms with Gasteiger partial charge in [0.15, 0.2) is 29.2 Å². The van der Waals surface area contributed by atoms with E-state index in [1.165, 1.54) is 4.90 Å². The second-order valence-electron chi connectivity index (χ2n) is 12.0. The minimum atomic E-state index is -1.05. The minimum Gasteiger partial charge on any atom is -0.490 e. The highest BCUT2D eigenvalue weighted by Crippen LogP contribution is 2.39. The summed E-state index contributed by atoms with van der Waals surface area (Å²) in [4.78, 5) is 30.1. The minimum absolute atomic E-state index is 0. The van der Waals surface area contributed by atoms with Gasteiger partial charge < -0.3 is 33.9 Å². The second-order valence-corrected chi connectivity index (χ2v) is 12.0. The Hall–Kier alpha value is -3.38. The van der Waals surface area contributed by atoms with E-state index in [4.69, 9.17) is 24.4 Å². The Kier molecular flexibility index (Phi) is 12.6. The summed E-state index contributed by atoms with van der Waals surface area (Å²) in [6.45, 7) is 10.7. The Morgan fingerprint density at radius 1 is 1.09 bits per heavy atom. The van der Waals surface area contributed by atoms with Gasteiger partial charge in [0, 0.05) is 32.5 Å². The Labute approximate surface area is 275 Å². The molecule has 0 spiro atoms. The maximum absolute atomic E-state index is 15.4. The van der Waals surface area contributed by atoms with Crippen LogP contribution in [-0.4, -0.2) is 78.3 Å². The van der Waals surface area contributed by atoms with Crippen molar-refractivity contribution in [3.05, 3.63) is 47.3 Å². The third kappa shape index (κ3) is 9.09. The smallest absolute Gasteiger partial charge is 0.347 e. The Morgan fingerprint density at radius 3 is 2.40 bits per heavy atom. The van der Waals surface area contributed by atoms with Crippen molar-refractivity contribution in [2.45, 2.75) is 84.7 Å². The monoisotopic (exact) mass is 693 g/mol. The number of halogens is 2. The summed E-state index contributed by atoms with van der Waals surface area (Å²) in [6.07, 6.45) is -0.0650. The third-order valence-electron chi connectivity index (χ3n) is 7.43. The highest BCUT2D eigenvalue weighted by Gasteiger charge is 2.34. The van der Waals surface area contributed by atoms with Crippen molar-refractivity contribution in [1.82, 2.24) is 4.90 Å². The molecule has 248 valence electrons. The van der Waals surface area contributed by atoms with Gasteiger partial charge in [-0.1, -0.05) is 12.1 Å². The lowest BCUT2D eigenvalue weighted by molar-refractivity contribution is -0.163. The SMILES string of the molecule is Br.CCOc1cc2c(c(F)c1OCC)C(=N)N(CC(=O)CCC(Oc1ccccc1N1CCC(O)CC1)C(=O)OC(C)(C)C)C2. The van der Waals surface area contributed by atoms with Crippen LogP contribution in [0.25, 0.3) is 0 Å². The predicted octanol–water partition coefficient (Wildman–Crippen LogP) is 5.44. The number of aliphatic hydroxyl groups is 1. The van der Waals surface area contributed by atoms with Crippen molar-refractivity contribution in [2.75, 3.05) is 37.7 Å². The highest BCUT2D eigenvalue weighted by molar-refractivity contribution is 8.93. The summed E-state index contributed by atoms with van der Waals surface area (Å²) in [6, 6.07) is 9.06. The molecule has 2 N–H and O–H groups in total. The van der Waals surface area contributed by atoms with Crippen molar-refractivity contribution >= 4 is 40.3 Å². The topological polar surface area (TPSA) is 122 Å². The fourth-order valence-corrected chi connectivity index (χ4v) is 5.41. The summed E-state index contributed by atoms with van der Waals surface area (Å²) in [5.41, 5.74) is 0.694. The van der Waals surface area contributed by atoms with E-state index in [1.807, 2.05) is 18.2 Å². The lowest BCUT2D eigenvalue weighted by atomic mass is 10.1.